The second-order valence-electron chi connectivity index (χ2n) is 4.17. The number of halogens is 1. The van der Waals surface area contributed by atoms with E-state index >= 15 is 0 Å². The Labute approximate surface area is 78.3 Å². The minimum atomic E-state index is -0.182. The van der Waals surface area contributed by atoms with Gasteiger partial charge < -0.3 is 4.74 Å². The Morgan fingerprint density at radius 1 is 1.54 bits per heavy atom. The van der Waals surface area contributed by atoms with Crippen molar-refractivity contribution in [3.05, 3.63) is 30.2 Å². The molecule has 2 rings (SSSR count). The quantitative estimate of drug-likeness (QED) is 0.650. The zero-order chi connectivity index (χ0) is 9.31. The van der Waals surface area contributed by atoms with E-state index in [-0.39, 0.29) is 5.83 Å². The van der Waals surface area contributed by atoms with Crippen LogP contribution in [0.4, 0.5) is 4.39 Å². The van der Waals surface area contributed by atoms with E-state index in [9.17, 15) is 4.39 Å². The number of hydrogen-bond donors (Lipinski definition) is 0. The van der Waals surface area contributed by atoms with Gasteiger partial charge in [-0.15, -0.1) is 0 Å². The molecule has 0 bridgehead atoms. The van der Waals surface area contributed by atoms with Gasteiger partial charge in [-0.1, -0.05) is 6.92 Å². The van der Waals surface area contributed by atoms with Crippen LogP contribution >= 0.6 is 0 Å². The van der Waals surface area contributed by atoms with Crippen LogP contribution < -0.4 is 0 Å². The zero-order valence-corrected chi connectivity index (χ0v) is 7.85. The van der Waals surface area contributed by atoms with Crippen LogP contribution in [0.25, 0.3) is 0 Å². The molecule has 0 atom stereocenters. The topological polar surface area (TPSA) is 9.23 Å². The zero-order valence-electron chi connectivity index (χ0n) is 7.85. The Kier molecular flexibility index (Phi) is 2.14. The Bertz CT molecular complexity index is 261. The average molecular weight is 181 g/mol. The Morgan fingerprint density at radius 2 is 2.31 bits per heavy atom. The summed E-state index contributed by atoms with van der Waals surface area (Å²) in [5, 5.41) is 0. The Balaban J connectivity index is 1.84. The van der Waals surface area contributed by atoms with Gasteiger partial charge in [0.05, 0.1) is 6.61 Å². The molecule has 0 aliphatic heterocycles. The molecular formula is C11H14FO. The van der Waals surface area contributed by atoms with Gasteiger partial charge >= 0.3 is 0 Å². The lowest BCUT2D eigenvalue weighted by Gasteiger charge is -2.15. The van der Waals surface area contributed by atoms with Crippen molar-refractivity contribution in [1.29, 1.82) is 0 Å². The number of ether oxygens (including phenoxy) is 1. The first kappa shape index (κ1) is 8.79. The fourth-order valence-corrected chi connectivity index (χ4v) is 1.26. The third-order valence-electron chi connectivity index (χ3n) is 2.60. The summed E-state index contributed by atoms with van der Waals surface area (Å²) < 4.78 is 18.3. The first-order valence-corrected chi connectivity index (χ1v) is 4.71. The maximum absolute atomic E-state index is 12.8. The maximum atomic E-state index is 12.8. The van der Waals surface area contributed by atoms with Crippen molar-refractivity contribution in [3.8, 4) is 0 Å². The molecule has 0 unspecified atom stereocenters. The molecule has 2 aliphatic rings. The van der Waals surface area contributed by atoms with Gasteiger partial charge in [-0.25, -0.2) is 4.39 Å². The van der Waals surface area contributed by atoms with Gasteiger partial charge in [0.15, 0.2) is 0 Å². The molecule has 1 nitrogen and oxygen atoms in total. The second kappa shape index (κ2) is 3.17. The van der Waals surface area contributed by atoms with E-state index in [1.807, 2.05) is 6.42 Å². The van der Waals surface area contributed by atoms with Crippen molar-refractivity contribution in [3.63, 3.8) is 0 Å². The summed E-state index contributed by atoms with van der Waals surface area (Å²) in [5.41, 5.74) is 0.367. The number of hydrogen-bond acceptors (Lipinski definition) is 1. The van der Waals surface area contributed by atoms with Crippen molar-refractivity contribution in [2.45, 2.75) is 26.2 Å². The highest BCUT2D eigenvalue weighted by Gasteiger charge is 2.38. The molecule has 2 heteroatoms. The molecule has 0 spiro atoms. The molecule has 0 amide bonds. The SMILES string of the molecule is CC1(COC2=CC(F)=CC[CH]2)CC1. The fraction of sp³-hybridized carbons (Fsp3) is 0.545. The first-order chi connectivity index (χ1) is 6.18. The summed E-state index contributed by atoms with van der Waals surface area (Å²) >= 11 is 0. The molecule has 0 aromatic heterocycles. The van der Waals surface area contributed by atoms with Gasteiger partial charge in [0, 0.05) is 17.9 Å². The van der Waals surface area contributed by atoms with Gasteiger partial charge in [-0.3, -0.25) is 0 Å². The third kappa shape index (κ3) is 2.33. The van der Waals surface area contributed by atoms with Gasteiger partial charge in [0.25, 0.3) is 0 Å². The molecule has 0 heterocycles. The van der Waals surface area contributed by atoms with Crippen LogP contribution in [0, 0.1) is 11.8 Å². The monoisotopic (exact) mass is 181 g/mol. The molecule has 1 radical (unpaired) electrons. The molecule has 71 valence electrons. The summed E-state index contributed by atoms with van der Waals surface area (Å²) in [4.78, 5) is 0. The minimum absolute atomic E-state index is 0.182. The molecule has 2 aliphatic carbocycles. The van der Waals surface area contributed by atoms with Gasteiger partial charge in [-0.05, 0) is 25.3 Å². The highest BCUT2D eigenvalue weighted by Crippen LogP contribution is 2.45. The summed E-state index contributed by atoms with van der Waals surface area (Å²) in [7, 11) is 0. The van der Waals surface area contributed by atoms with Crippen LogP contribution in [0.5, 0.6) is 0 Å². The van der Waals surface area contributed by atoms with E-state index in [1.165, 1.54) is 18.9 Å². The molecule has 0 aromatic rings. The summed E-state index contributed by atoms with van der Waals surface area (Å²) in [5.74, 6) is 0.506. The van der Waals surface area contributed by atoms with Crippen molar-refractivity contribution in [2.24, 2.45) is 5.41 Å². The lowest BCUT2D eigenvalue weighted by atomic mass is 10.1. The number of rotatable bonds is 3. The van der Waals surface area contributed by atoms with Crippen LogP contribution in [0.3, 0.4) is 0 Å². The summed E-state index contributed by atoms with van der Waals surface area (Å²) in [6.07, 6.45) is 8.03. The molecule has 0 saturated heterocycles. The Hall–Kier alpha value is -0.790. The lowest BCUT2D eigenvalue weighted by Crippen LogP contribution is -2.07. The summed E-state index contributed by atoms with van der Waals surface area (Å²) in [6.45, 7) is 2.92. The van der Waals surface area contributed by atoms with Gasteiger partial charge in [-0.2, -0.15) is 0 Å². The molecule has 1 saturated carbocycles. The van der Waals surface area contributed by atoms with Crippen molar-refractivity contribution >= 4 is 0 Å². The molecular weight excluding hydrogens is 167 g/mol. The van der Waals surface area contributed by atoms with E-state index < -0.39 is 0 Å². The predicted molar refractivity (Wildman–Crippen MR) is 49.5 cm³/mol. The van der Waals surface area contributed by atoms with Crippen LogP contribution in [-0.2, 0) is 4.74 Å². The summed E-state index contributed by atoms with van der Waals surface area (Å²) in [6, 6.07) is 0. The fourth-order valence-electron chi connectivity index (χ4n) is 1.26. The minimum Gasteiger partial charge on any atom is -0.497 e. The van der Waals surface area contributed by atoms with Crippen LogP contribution in [0.1, 0.15) is 26.2 Å². The molecule has 0 N–H and O–H groups in total. The average Bonchev–Trinajstić information content (AvgIpc) is 2.82. The first-order valence-electron chi connectivity index (χ1n) is 4.71. The highest BCUT2D eigenvalue weighted by atomic mass is 19.1. The molecule has 0 aromatic carbocycles. The van der Waals surface area contributed by atoms with Crippen molar-refractivity contribution < 1.29 is 9.13 Å². The lowest BCUT2D eigenvalue weighted by molar-refractivity contribution is 0.165. The van der Waals surface area contributed by atoms with Crippen LogP contribution in [0.15, 0.2) is 23.7 Å². The van der Waals surface area contributed by atoms with Gasteiger partial charge in [0.2, 0.25) is 0 Å². The Morgan fingerprint density at radius 3 is 2.92 bits per heavy atom. The van der Waals surface area contributed by atoms with Gasteiger partial charge in [0.1, 0.15) is 11.6 Å². The molecule has 1 fully saturated rings. The van der Waals surface area contributed by atoms with E-state index in [2.05, 4.69) is 6.92 Å². The van der Waals surface area contributed by atoms with E-state index in [0.29, 0.717) is 17.6 Å². The largest absolute Gasteiger partial charge is 0.497 e. The van der Waals surface area contributed by atoms with E-state index in [1.54, 1.807) is 6.08 Å². The predicted octanol–water partition coefficient (Wildman–Crippen LogP) is 3.15. The van der Waals surface area contributed by atoms with E-state index in [4.69, 9.17) is 4.74 Å². The molecule has 13 heavy (non-hydrogen) atoms. The van der Waals surface area contributed by atoms with Crippen molar-refractivity contribution in [2.75, 3.05) is 6.61 Å². The second-order valence-corrected chi connectivity index (χ2v) is 4.17. The number of allylic oxidation sites excluding steroid dienone is 4. The van der Waals surface area contributed by atoms with Crippen molar-refractivity contribution in [1.82, 2.24) is 0 Å². The standard InChI is InChI=1S/C11H14FO/c1-11(5-6-11)8-13-10-4-2-3-9(12)7-10/h3-4,7H,2,5-6,8H2,1H3. The smallest absolute Gasteiger partial charge is 0.122 e. The third-order valence-corrected chi connectivity index (χ3v) is 2.60. The van der Waals surface area contributed by atoms with E-state index in [0.717, 1.165) is 6.61 Å². The van der Waals surface area contributed by atoms with Crippen LogP contribution in [-0.4, -0.2) is 6.61 Å². The highest BCUT2D eigenvalue weighted by molar-refractivity contribution is 5.25. The van der Waals surface area contributed by atoms with Crippen LogP contribution in [0.2, 0.25) is 0 Å². The maximum Gasteiger partial charge on any atom is 0.122 e. The normalized spacial score (nSPS) is 24.8.